The minimum Gasteiger partial charge on any atom is -0.377 e. The molecule has 1 saturated heterocycles. The van der Waals surface area contributed by atoms with E-state index in [0.29, 0.717) is 18.2 Å². The van der Waals surface area contributed by atoms with Crippen molar-refractivity contribution in [1.82, 2.24) is 10.2 Å². The van der Waals surface area contributed by atoms with Crippen LogP contribution < -0.4 is 5.32 Å². The number of hydrogen-bond donors (Lipinski definition) is 1. The fourth-order valence-corrected chi connectivity index (χ4v) is 1.91. The molecule has 0 aromatic rings. The van der Waals surface area contributed by atoms with E-state index in [1.54, 1.807) is 0 Å². The Hall–Kier alpha value is -0.120. The van der Waals surface area contributed by atoms with Crippen LogP contribution in [-0.4, -0.2) is 49.8 Å². The van der Waals surface area contributed by atoms with E-state index < -0.39 is 0 Å². The van der Waals surface area contributed by atoms with E-state index in [4.69, 9.17) is 4.74 Å². The second-order valence-corrected chi connectivity index (χ2v) is 4.90. The van der Waals surface area contributed by atoms with Crippen molar-refractivity contribution in [2.75, 3.05) is 26.7 Å². The molecule has 0 aliphatic carbocycles. The molecule has 2 unspecified atom stereocenters. The van der Waals surface area contributed by atoms with Crippen molar-refractivity contribution >= 4 is 0 Å². The molecule has 3 heteroatoms. The molecule has 1 N–H and O–H groups in total. The molecule has 1 heterocycles. The number of nitrogens with one attached hydrogen (secondary N) is 1. The SMILES string of the molecule is CC(C)N(C)C(C)CNCC1CCCO1. The Kier molecular flexibility index (Phi) is 5.58. The number of hydrogen-bond acceptors (Lipinski definition) is 3. The Morgan fingerprint density at radius 1 is 1.40 bits per heavy atom. The van der Waals surface area contributed by atoms with Gasteiger partial charge in [0.1, 0.15) is 0 Å². The standard InChI is InChI=1S/C12H26N2O/c1-10(2)14(4)11(3)8-13-9-12-6-5-7-15-12/h10-13H,5-9H2,1-4H3. The van der Waals surface area contributed by atoms with E-state index in [1.165, 1.54) is 12.8 Å². The van der Waals surface area contributed by atoms with Crippen LogP contribution in [0.2, 0.25) is 0 Å². The topological polar surface area (TPSA) is 24.5 Å². The molecule has 1 aliphatic rings. The monoisotopic (exact) mass is 214 g/mol. The second kappa shape index (κ2) is 6.46. The van der Waals surface area contributed by atoms with Crippen molar-refractivity contribution in [2.45, 2.75) is 51.8 Å². The zero-order chi connectivity index (χ0) is 11.3. The Labute approximate surface area is 94.2 Å². The molecule has 15 heavy (non-hydrogen) atoms. The number of nitrogens with zero attached hydrogens (tertiary/aromatic N) is 1. The largest absolute Gasteiger partial charge is 0.377 e. The predicted octanol–water partition coefficient (Wildman–Crippen LogP) is 1.48. The molecule has 1 aliphatic heterocycles. The van der Waals surface area contributed by atoms with Gasteiger partial charge in [0.25, 0.3) is 0 Å². The van der Waals surface area contributed by atoms with Crippen LogP contribution in [-0.2, 0) is 4.74 Å². The molecule has 1 fully saturated rings. The fourth-order valence-electron chi connectivity index (χ4n) is 1.91. The summed E-state index contributed by atoms with van der Waals surface area (Å²) in [6.45, 7) is 9.74. The van der Waals surface area contributed by atoms with E-state index >= 15 is 0 Å². The van der Waals surface area contributed by atoms with Crippen molar-refractivity contribution in [3.63, 3.8) is 0 Å². The molecule has 0 aromatic carbocycles. The summed E-state index contributed by atoms with van der Waals surface area (Å²) in [6, 6.07) is 1.20. The average molecular weight is 214 g/mol. The highest BCUT2D eigenvalue weighted by molar-refractivity contribution is 4.72. The Morgan fingerprint density at radius 3 is 2.67 bits per heavy atom. The zero-order valence-electron chi connectivity index (χ0n) is 10.6. The van der Waals surface area contributed by atoms with Crippen LogP contribution >= 0.6 is 0 Å². The van der Waals surface area contributed by atoms with Crippen molar-refractivity contribution < 1.29 is 4.74 Å². The molecule has 1 rings (SSSR count). The highest BCUT2D eigenvalue weighted by atomic mass is 16.5. The molecule has 3 nitrogen and oxygen atoms in total. The summed E-state index contributed by atoms with van der Waals surface area (Å²) in [7, 11) is 2.18. The molecule has 2 atom stereocenters. The Balaban J connectivity index is 2.08. The molecule has 0 spiro atoms. The van der Waals surface area contributed by atoms with Crippen LogP contribution in [0.1, 0.15) is 33.6 Å². The Morgan fingerprint density at radius 2 is 2.13 bits per heavy atom. The van der Waals surface area contributed by atoms with Gasteiger partial charge < -0.3 is 15.0 Å². The lowest BCUT2D eigenvalue weighted by molar-refractivity contribution is 0.107. The summed E-state index contributed by atoms with van der Waals surface area (Å²) in [6.07, 6.45) is 2.91. The third-order valence-corrected chi connectivity index (χ3v) is 3.35. The molecular formula is C12H26N2O. The van der Waals surface area contributed by atoms with Gasteiger partial charge in [0.2, 0.25) is 0 Å². The highest BCUT2D eigenvalue weighted by Gasteiger charge is 2.16. The van der Waals surface area contributed by atoms with E-state index in [0.717, 1.165) is 19.7 Å². The lowest BCUT2D eigenvalue weighted by Crippen LogP contribution is -2.43. The second-order valence-electron chi connectivity index (χ2n) is 4.90. The highest BCUT2D eigenvalue weighted by Crippen LogP contribution is 2.10. The van der Waals surface area contributed by atoms with Gasteiger partial charge in [-0.25, -0.2) is 0 Å². The van der Waals surface area contributed by atoms with Gasteiger partial charge >= 0.3 is 0 Å². The summed E-state index contributed by atoms with van der Waals surface area (Å²) in [5.41, 5.74) is 0. The van der Waals surface area contributed by atoms with Gasteiger partial charge in [-0.1, -0.05) is 0 Å². The van der Waals surface area contributed by atoms with E-state index in [9.17, 15) is 0 Å². The van der Waals surface area contributed by atoms with E-state index in [-0.39, 0.29) is 0 Å². The minimum absolute atomic E-state index is 0.460. The van der Waals surface area contributed by atoms with Crippen LogP contribution in [0.4, 0.5) is 0 Å². The van der Waals surface area contributed by atoms with Gasteiger partial charge in [-0.2, -0.15) is 0 Å². The van der Waals surface area contributed by atoms with Crippen LogP contribution in [0.15, 0.2) is 0 Å². The maximum atomic E-state index is 5.57. The maximum Gasteiger partial charge on any atom is 0.0700 e. The van der Waals surface area contributed by atoms with Crippen LogP contribution in [0, 0.1) is 0 Å². The lowest BCUT2D eigenvalue weighted by atomic mass is 10.2. The molecule has 0 radical (unpaired) electrons. The first kappa shape index (κ1) is 12.9. The van der Waals surface area contributed by atoms with Crippen LogP contribution in [0.25, 0.3) is 0 Å². The van der Waals surface area contributed by atoms with E-state index in [1.807, 2.05) is 0 Å². The van der Waals surface area contributed by atoms with Crippen molar-refractivity contribution in [2.24, 2.45) is 0 Å². The summed E-state index contributed by atoms with van der Waals surface area (Å²) in [5, 5.41) is 3.50. The summed E-state index contributed by atoms with van der Waals surface area (Å²) < 4.78 is 5.57. The number of likely N-dealkylation sites (N-methyl/N-ethyl adjacent to an activating group) is 1. The first-order valence-corrected chi connectivity index (χ1v) is 6.15. The van der Waals surface area contributed by atoms with Crippen molar-refractivity contribution in [3.05, 3.63) is 0 Å². The Bertz CT molecular complexity index is 167. The molecule has 90 valence electrons. The summed E-state index contributed by atoms with van der Waals surface area (Å²) in [4.78, 5) is 2.39. The van der Waals surface area contributed by atoms with Gasteiger partial charge in [0, 0.05) is 31.8 Å². The van der Waals surface area contributed by atoms with Gasteiger partial charge in [-0.15, -0.1) is 0 Å². The molecule has 0 saturated carbocycles. The normalized spacial score (nSPS) is 24.0. The van der Waals surface area contributed by atoms with Gasteiger partial charge in [0.05, 0.1) is 6.10 Å². The molecular weight excluding hydrogens is 188 g/mol. The van der Waals surface area contributed by atoms with Gasteiger partial charge in [-0.05, 0) is 40.7 Å². The minimum atomic E-state index is 0.460. The molecule has 0 bridgehead atoms. The fraction of sp³-hybridized carbons (Fsp3) is 1.00. The quantitative estimate of drug-likeness (QED) is 0.725. The first-order valence-electron chi connectivity index (χ1n) is 6.15. The van der Waals surface area contributed by atoms with Crippen LogP contribution in [0.3, 0.4) is 0 Å². The molecule has 0 amide bonds. The number of rotatable bonds is 6. The maximum absolute atomic E-state index is 5.57. The first-order chi connectivity index (χ1) is 7.11. The van der Waals surface area contributed by atoms with Crippen molar-refractivity contribution in [3.8, 4) is 0 Å². The smallest absolute Gasteiger partial charge is 0.0700 e. The number of ether oxygens (including phenoxy) is 1. The summed E-state index contributed by atoms with van der Waals surface area (Å²) in [5.74, 6) is 0. The third-order valence-electron chi connectivity index (χ3n) is 3.35. The zero-order valence-corrected chi connectivity index (χ0v) is 10.6. The lowest BCUT2D eigenvalue weighted by Gasteiger charge is -2.29. The van der Waals surface area contributed by atoms with Gasteiger partial charge in [0.15, 0.2) is 0 Å². The van der Waals surface area contributed by atoms with Gasteiger partial charge in [-0.3, -0.25) is 0 Å². The summed E-state index contributed by atoms with van der Waals surface area (Å²) >= 11 is 0. The average Bonchev–Trinajstić information content (AvgIpc) is 2.69. The molecule has 0 aromatic heterocycles. The third kappa shape index (κ3) is 4.49. The van der Waals surface area contributed by atoms with Crippen LogP contribution in [0.5, 0.6) is 0 Å². The van der Waals surface area contributed by atoms with E-state index in [2.05, 4.69) is 38.0 Å². The van der Waals surface area contributed by atoms with Crippen molar-refractivity contribution in [1.29, 1.82) is 0 Å². The predicted molar refractivity (Wildman–Crippen MR) is 64.2 cm³/mol.